The lowest BCUT2D eigenvalue weighted by Crippen LogP contribution is -2.35. The number of halogens is 1. The quantitative estimate of drug-likeness (QED) is 0.729. The highest BCUT2D eigenvalue weighted by Crippen LogP contribution is 2.24. The van der Waals surface area contributed by atoms with Crippen molar-refractivity contribution in [2.24, 2.45) is 5.92 Å². The molecular weight excluding hydrogens is 293 g/mol. The zero-order chi connectivity index (χ0) is 15.8. The van der Waals surface area contributed by atoms with Gasteiger partial charge in [-0.15, -0.1) is 15.3 Å². The van der Waals surface area contributed by atoms with Gasteiger partial charge in [0.15, 0.2) is 11.5 Å². The predicted molar refractivity (Wildman–Crippen MR) is 86.8 cm³/mol. The van der Waals surface area contributed by atoms with Crippen molar-refractivity contribution < 1.29 is 4.39 Å². The van der Waals surface area contributed by atoms with Gasteiger partial charge in [0.2, 0.25) is 0 Å². The lowest BCUT2D eigenvalue weighted by molar-refractivity contribution is 0.443. The summed E-state index contributed by atoms with van der Waals surface area (Å²) in [6.45, 7) is 4.25. The third kappa shape index (κ3) is 2.54. The Labute approximate surface area is 133 Å². The van der Waals surface area contributed by atoms with E-state index < -0.39 is 0 Å². The molecule has 1 aliphatic rings. The topological polar surface area (TPSA) is 46.3 Å². The Morgan fingerprint density at radius 1 is 1.13 bits per heavy atom. The van der Waals surface area contributed by atoms with Gasteiger partial charge in [0.25, 0.3) is 0 Å². The van der Waals surface area contributed by atoms with Crippen molar-refractivity contribution >= 4 is 11.5 Å². The Morgan fingerprint density at radius 3 is 2.83 bits per heavy atom. The van der Waals surface area contributed by atoms with Crippen LogP contribution in [0.15, 0.2) is 36.4 Å². The van der Waals surface area contributed by atoms with E-state index in [-0.39, 0.29) is 5.82 Å². The molecule has 6 heteroatoms. The summed E-state index contributed by atoms with van der Waals surface area (Å²) in [5.41, 5.74) is 1.04. The molecule has 0 N–H and O–H groups in total. The van der Waals surface area contributed by atoms with E-state index in [1.807, 2.05) is 12.1 Å². The highest BCUT2D eigenvalue weighted by Gasteiger charge is 2.19. The summed E-state index contributed by atoms with van der Waals surface area (Å²) in [5.74, 6) is 1.67. The summed E-state index contributed by atoms with van der Waals surface area (Å²) in [4.78, 5) is 2.28. The van der Waals surface area contributed by atoms with Crippen LogP contribution >= 0.6 is 0 Å². The van der Waals surface area contributed by atoms with Crippen molar-refractivity contribution in [3.05, 3.63) is 42.2 Å². The summed E-state index contributed by atoms with van der Waals surface area (Å²) in [6.07, 6.45) is 2.43. The second kappa shape index (κ2) is 5.61. The molecule has 3 heterocycles. The van der Waals surface area contributed by atoms with Crippen LogP contribution in [-0.4, -0.2) is 32.9 Å². The Kier molecular flexibility index (Phi) is 3.44. The van der Waals surface area contributed by atoms with Crippen molar-refractivity contribution in [2.45, 2.75) is 19.8 Å². The first-order valence-electron chi connectivity index (χ1n) is 7.94. The van der Waals surface area contributed by atoms with Crippen LogP contribution in [0, 0.1) is 11.7 Å². The summed E-state index contributed by atoms with van der Waals surface area (Å²) in [5, 5.41) is 12.9. The van der Waals surface area contributed by atoms with E-state index in [9.17, 15) is 4.39 Å². The lowest BCUT2D eigenvalue weighted by atomic mass is 10.0. The lowest BCUT2D eigenvalue weighted by Gasteiger charge is -2.31. The summed E-state index contributed by atoms with van der Waals surface area (Å²) in [7, 11) is 0. The summed E-state index contributed by atoms with van der Waals surface area (Å²) in [6, 6.07) is 10.4. The molecule has 1 fully saturated rings. The smallest absolute Gasteiger partial charge is 0.188 e. The fourth-order valence-electron chi connectivity index (χ4n) is 3.16. The molecule has 118 valence electrons. The second-order valence-corrected chi connectivity index (χ2v) is 6.16. The first-order chi connectivity index (χ1) is 11.2. The van der Waals surface area contributed by atoms with Crippen molar-refractivity contribution in [3.8, 4) is 11.4 Å². The van der Waals surface area contributed by atoms with Crippen LogP contribution in [0.3, 0.4) is 0 Å². The molecule has 0 radical (unpaired) electrons. The molecule has 2 aromatic heterocycles. The Bertz CT molecular complexity index is 844. The number of fused-ring (bicyclic) bond motifs is 1. The number of hydrogen-bond donors (Lipinski definition) is 0. The monoisotopic (exact) mass is 311 g/mol. The summed E-state index contributed by atoms with van der Waals surface area (Å²) >= 11 is 0. The van der Waals surface area contributed by atoms with Gasteiger partial charge < -0.3 is 4.90 Å². The van der Waals surface area contributed by atoms with Gasteiger partial charge in [-0.05, 0) is 43.0 Å². The van der Waals surface area contributed by atoms with Gasteiger partial charge in [0, 0.05) is 13.1 Å². The Hall–Kier alpha value is -2.50. The molecule has 0 unspecified atom stereocenters. The molecule has 23 heavy (non-hydrogen) atoms. The van der Waals surface area contributed by atoms with Crippen LogP contribution < -0.4 is 4.90 Å². The molecule has 5 nitrogen and oxygen atoms in total. The van der Waals surface area contributed by atoms with Gasteiger partial charge in [-0.25, -0.2) is 4.39 Å². The van der Waals surface area contributed by atoms with E-state index in [2.05, 4.69) is 27.1 Å². The molecule has 4 rings (SSSR count). The minimum atomic E-state index is -0.319. The molecule has 0 saturated carbocycles. The molecule has 0 bridgehead atoms. The zero-order valence-corrected chi connectivity index (χ0v) is 13.0. The third-order valence-corrected chi connectivity index (χ3v) is 4.34. The highest BCUT2D eigenvalue weighted by atomic mass is 19.1. The number of rotatable bonds is 2. The summed E-state index contributed by atoms with van der Waals surface area (Å²) < 4.78 is 15.7. The molecule has 1 aliphatic heterocycles. The van der Waals surface area contributed by atoms with Crippen LogP contribution in [0.4, 0.5) is 10.2 Å². The van der Waals surface area contributed by atoms with Crippen LogP contribution in [0.5, 0.6) is 0 Å². The highest BCUT2D eigenvalue weighted by molar-refractivity contribution is 5.60. The van der Waals surface area contributed by atoms with Gasteiger partial charge in [-0.3, -0.25) is 0 Å². The van der Waals surface area contributed by atoms with Crippen LogP contribution in [-0.2, 0) is 0 Å². The van der Waals surface area contributed by atoms with Crippen molar-refractivity contribution in [2.75, 3.05) is 18.0 Å². The molecule has 1 atom stereocenters. The van der Waals surface area contributed by atoms with E-state index in [4.69, 9.17) is 0 Å². The number of benzene rings is 1. The maximum Gasteiger partial charge on any atom is 0.188 e. The molecule has 0 spiro atoms. The van der Waals surface area contributed by atoms with Crippen molar-refractivity contribution in [1.82, 2.24) is 19.8 Å². The zero-order valence-electron chi connectivity index (χ0n) is 13.0. The van der Waals surface area contributed by atoms with Crippen LogP contribution in [0.25, 0.3) is 17.0 Å². The maximum absolute atomic E-state index is 14.1. The minimum Gasteiger partial charge on any atom is -0.355 e. The first kappa shape index (κ1) is 14.1. The minimum absolute atomic E-state index is 0.319. The Morgan fingerprint density at radius 2 is 2.00 bits per heavy atom. The molecular formula is C17H18FN5. The van der Waals surface area contributed by atoms with E-state index in [0.717, 1.165) is 18.9 Å². The van der Waals surface area contributed by atoms with Gasteiger partial charge in [-0.2, -0.15) is 4.52 Å². The molecule has 0 aliphatic carbocycles. The largest absolute Gasteiger partial charge is 0.355 e. The van der Waals surface area contributed by atoms with E-state index in [1.165, 1.54) is 18.9 Å². The molecule has 0 amide bonds. The number of hydrogen-bond acceptors (Lipinski definition) is 4. The number of aromatic nitrogens is 4. The van der Waals surface area contributed by atoms with Gasteiger partial charge in [-0.1, -0.05) is 19.1 Å². The van der Waals surface area contributed by atoms with Gasteiger partial charge >= 0.3 is 0 Å². The molecule has 3 aromatic rings. The standard InChI is InChI=1S/C17H18FN5/c1-12-5-4-10-22(11-12)16-9-8-15-19-20-17(23(15)21-16)13-6-2-3-7-14(13)18/h2-3,6-9,12H,4-5,10-11H2,1H3/t12-/m0/s1. The van der Waals surface area contributed by atoms with Crippen LogP contribution in [0.2, 0.25) is 0 Å². The number of anilines is 1. The normalized spacial score (nSPS) is 18.5. The van der Waals surface area contributed by atoms with Crippen molar-refractivity contribution in [3.63, 3.8) is 0 Å². The second-order valence-electron chi connectivity index (χ2n) is 6.16. The SMILES string of the molecule is C[C@H]1CCCN(c2ccc3nnc(-c4ccccc4F)n3n2)C1. The average Bonchev–Trinajstić information content (AvgIpc) is 2.98. The maximum atomic E-state index is 14.1. The Balaban J connectivity index is 1.79. The van der Waals surface area contributed by atoms with E-state index in [1.54, 1.807) is 22.7 Å². The first-order valence-corrected chi connectivity index (χ1v) is 7.94. The fraction of sp³-hybridized carbons (Fsp3) is 0.353. The van der Waals surface area contributed by atoms with Crippen LogP contribution in [0.1, 0.15) is 19.8 Å². The average molecular weight is 311 g/mol. The van der Waals surface area contributed by atoms with Gasteiger partial charge in [0.05, 0.1) is 5.56 Å². The number of nitrogens with zero attached hydrogens (tertiary/aromatic N) is 5. The van der Waals surface area contributed by atoms with Crippen molar-refractivity contribution in [1.29, 1.82) is 0 Å². The molecule has 1 saturated heterocycles. The van der Waals surface area contributed by atoms with E-state index in [0.29, 0.717) is 23.0 Å². The number of piperidine rings is 1. The third-order valence-electron chi connectivity index (χ3n) is 4.34. The predicted octanol–water partition coefficient (Wildman–Crippen LogP) is 3.17. The fourth-order valence-corrected chi connectivity index (χ4v) is 3.16. The molecule has 1 aromatic carbocycles. The van der Waals surface area contributed by atoms with E-state index >= 15 is 0 Å². The van der Waals surface area contributed by atoms with Gasteiger partial charge in [0.1, 0.15) is 11.6 Å².